The summed E-state index contributed by atoms with van der Waals surface area (Å²) < 4.78 is 38.1. The second-order valence-electron chi connectivity index (χ2n) is 7.27. The lowest BCUT2D eigenvalue weighted by Gasteiger charge is -2.24. The Kier molecular flexibility index (Phi) is 7.91. The Hall–Kier alpha value is -3.85. The van der Waals surface area contributed by atoms with Gasteiger partial charge in [-0.3, -0.25) is 9.10 Å². The maximum absolute atomic E-state index is 13.4. The Morgan fingerprint density at radius 2 is 1.62 bits per heavy atom. The molecule has 0 heterocycles. The lowest BCUT2D eigenvalue weighted by Crippen LogP contribution is -2.38. The lowest BCUT2D eigenvalue weighted by molar-refractivity contribution is -0.114. The van der Waals surface area contributed by atoms with Gasteiger partial charge in [0.25, 0.3) is 10.0 Å². The normalized spacial score (nSPS) is 10.9. The first-order valence-electron chi connectivity index (χ1n) is 10.6. The molecular formula is C25H26N2O6S. The first kappa shape index (κ1) is 24.8. The number of carbonyl (C=O) groups excluding carboxylic acids is 2. The van der Waals surface area contributed by atoms with Gasteiger partial charge in [-0.1, -0.05) is 24.3 Å². The van der Waals surface area contributed by atoms with E-state index in [0.717, 1.165) is 4.31 Å². The molecule has 1 N–H and O–H groups in total. The van der Waals surface area contributed by atoms with E-state index in [1.165, 1.54) is 19.2 Å². The molecule has 0 aromatic heterocycles. The van der Waals surface area contributed by atoms with Crippen molar-refractivity contribution in [3.05, 3.63) is 83.9 Å². The smallest absolute Gasteiger partial charge is 0.338 e. The van der Waals surface area contributed by atoms with E-state index >= 15 is 0 Å². The highest BCUT2D eigenvalue weighted by Gasteiger charge is 2.27. The Morgan fingerprint density at radius 3 is 2.24 bits per heavy atom. The molecule has 9 heteroatoms. The zero-order valence-electron chi connectivity index (χ0n) is 19.1. The topological polar surface area (TPSA) is 102 Å². The number of nitrogens with one attached hydrogen (secondary N) is 1. The van der Waals surface area contributed by atoms with Crippen LogP contribution in [-0.2, 0) is 19.6 Å². The Balaban J connectivity index is 1.92. The van der Waals surface area contributed by atoms with Crippen LogP contribution < -0.4 is 14.4 Å². The number of methoxy groups -OCH3 is 1. The molecule has 0 aliphatic heterocycles. The number of benzene rings is 3. The van der Waals surface area contributed by atoms with E-state index in [-0.39, 0.29) is 11.5 Å². The minimum Gasteiger partial charge on any atom is -0.497 e. The fourth-order valence-corrected chi connectivity index (χ4v) is 4.75. The minimum atomic E-state index is -4.04. The van der Waals surface area contributed by atoms with Crippen molar-refractivity contribution in [2.75, 3.05) is 29.9 Å². The van der Waals surface area contributed by atoms with Crippen LogP contribution in [0, 0.1) is 6.92 Å². The van der Waals surface area contributed by atoms with Crippen molar-refractivity contribution in [3.63, 3.8) is 0 Å². The van der Waals surface area contributed by atoms with Crippen LogP contribution in [0.4, 0.5) is 11.4 Å². The zero-order valence-corrected chi connectivity index (χ0v) is 20.0. The van der Waals surface area contributed by atoms with E-state index in [4.69, 9.17) is 9.47 Å². The third kappa shape index (κ3) is 5.55. The highest BCUT2D eigenvalue weighted by atomic mass is 32.2. The number of carbonyl (C=O) groups is 2. The summed E-state index contributed by atoms with van der Waals surface area (Å²) in [4.78, 5) is 25.2. The summed E-state index contributed by atoms with van der Waals surface area (Å²) in [5, 5.41) is 2.72. The van der Waals surface area contributed by atoms with Gasteiger partial charge in [-0.05, 0) is 67.9 Å². The quantitative estimate of drug-likeness (QED) is 0.462. The van der Waals surface area contributed by atoms with Crippen LogP contribution in [0.5, 0.6) is 5.75 Å². The van der Waals surface area contributed by atoms with E-state index < -0.39 is 28.4 Å². The summed E-state index contributed by atoms with van der Waals surface area (Å²) >= 11 is 0. The number of amides is 1. The summed E-state index contributed by atoms with van der Waals surface area (Å²) in [6, 6.07) is 19.1. The maximum atomic E-state index is 13.4. The van der Waals surface area contributed by atoms with Gasteiger partial charge in [0.15, 0.2) is 0 Å². The molecule has 8 nitrogen and oxygen atoms in total. The second kappa shape index (κ2) is 10.8. The van der Waals surface area contributed by atoms with E-state index in [9.17, 15) is 18.0 Å². The predicted octanol–water partition coefficient (Wildman–Crippen LogP) is 4.01. The van der Waals surface area contributed by atoms with Crippen LogP contribution in [0.1, 0.15) is 22.8 Å². The maximum Gasteiger partial charge on any atom is 0.338 e. The van der Waals surface area contributed by atoms with Crippen LogP contribution in [0.25, 0.3) is 0 Å². The summed E-state index contributed by atoms with van der Waals surface area (Å²) in [5.41, 5.74) is 1.54. The molecule has 178 valence electrons. The molecule has 0 unspecified atom stereocenters. The standard InChI is InChI=1S/C25H26N2O6S/c1-4-33-25(29)22-11-8-12-23(18(22)2)26-24(28)17-27(19-13-15-20(32-3)16-14-19)34(30,31)21-9-6-5-7-10-21/h5-16H,4,17H2,1-3H3,(H,26,28). The number of rotatable bonds is 9. The SMILES string of the molecule is CCOC(=O)c1cccc(NC(=O)CN(c2ccc(OC)cc2)S(=O)(=O)c2ccccc2)c1C. The van der Waals surface area contributed by atoms with Crippen molar-refractivity contribution in [3.8, 4) is 5.75 Å². The zero-order chi connectivity index (χ0) is 24.7. The molecule has 1 amide bonds. The molecule has 0 aliphatic carbocycles. The second-order valence-corrected chi connectivity index (χ2v) is 9.13. The van der Waals surface area contributed by atoms with Crippen LogP contribution in [-0.4, -0.2) is 40.6 Å². The predicted molar refractivity (Wildman–Crippen MR) is 130 cm³/mol. The van der Waals surface area contributed by atoms with Gasteiger partial charge in [-0.2, -0.15) is 0 Å². The van der Waals surface area contributed by atoms with Crippen LogP contribution in [0.3, 0.4) is 0 Å². The largest absolute Gasteiger partial charge is 0.497 e. The van der Waals surface area contributed by atoms with Gasteiger partial charge in [-0.15, -0.1) is 0 Å². The molecule has 34 heavy (non-hydrogen) atoms. The van der Waals surface area contributed by atoms with Crippen molar-refractivity contribution in [2.45, 2.75) is 18.7 Å². The molecule has 3 aromatic rings. The van der Waals surface area contributed by atoms with E-state index in [1.54, 1.807) is 74.5 Å². The van der Waals surface area contributed by atoms with Gasteiger partial charge in [0.05, 0.1) is 29.9 Å². The molecular weight excluding hydrogens is 456 g/mol. The average molecular weight is 483 g/mol. The Bertz CT molecular complexity index is 1260. The van der Waals surface area contributed by atoms with Gasteiger partial charge in [-0.25, -0.2) is 13.2 Å². The van der Waals surface area contributed by atoms with Crippen molar-refractivity contribution >= 4 is 33.3 Å². The summed E-state index contributed by atoms with van der Waals surface area (Å²) in [5.74, 6) is -0.515. The number of hydrogen-bond acceptors (Lipinski definition) is 6. The summed E-state index contributed by atoms with van der Waals surface area (Å²) in [6.45, 7) is 3.14. The van der Waals surface area contributed by atoms with E-state index in [2.05, 4.69) is 5.32 Å². The number of hydrogen-bond donors (Lipinski definition) is 1. The number of ether oxygens (including phenoxy) is 2. The molecule has 0 spiro atoms. The number of sulfonamides is 1. The summed E-state index contributed by atoms with van der Waals surface area (Å²) in [6.07, 6.45) is 0. The first-order valence-corrected chi connectivity index (χ1v) is 12.0. The van der Waals surface area contributed by atoms with Gasteiger partial charge < -0.3 is 14.8 Å². The van der Waals surface area contributed by atoms with Gasteiger partial charge in [0, 0.05) is 5.69 Å². The first-order chi connectivity index (χ1) is 16.3. The molecule has 0 saturated heterocycles. The van der Waals surface area contributed by atoms with Crippen molar-refractivity contribution < 1.29 is 27.5 Å². The summed E-state index contributed by atoms with van der Waals surface area (Å²) in [7, 11) is -2.53. The van der Waals surface area contributed by atoms with Gasteiger partial charge in [0.2, 0.25) is 5.91 Å². The molecule has 3 rings (SSSR count). The van der Waals surface area contributed by atoms with Crippen LogP contribution >= 0.6 is 0 Å². The van der Waals surface area contributed by atoms with E-state index in [1.807, 2.05) is 0 Å². The molecule has 0 atom stereocenters. The van der Waals surface area contributed by atoms with Crippen molar-refractivity contribution in [1.82, 2.24) is 0 Å². The van der Waals surface area contributed by atoms with E-state index in [0.29, 0.717) is 28.3 Å². The molecule has 0 radical (unpaired) electrons. The molecule has 0 saturated carbocycles. The third-order valence-electron chi connectivity index (χ3n) is 5.08. The molecule has 0 aliphatic rings. The van der Waals surface area contributed by atoms with Crippen LogP contribution in [0.15, 0.2) is 77.7 Å². The Morgan fingerprint density at radius 1 is 0.941 bits per heavy atom. The number of esters is 1. The van der Waals surface area contributed by atoms with Gasteiger partial charge in [0.1, 0.15) is 12.3 Å². The number of nitrogens with zero attached hydrogens (tertiary/aromatic N) is 1. The van der Waals surface area contributed by atoms with Crippen molar-refractivity contribution in [1.29, 1.82) is 0 Å². The number of anilines is 2. The fraction of sp³-hybridized carbons (Fsp3) is 0.200. The van der Waals surface area contributed by atoms with Gasteiger partial charge >= 0.3 is 5.97 Å². The third-order valence-corrected chi connectivity index (χ3v) is 6.87. The highest BCUT2D eigenvalue weighted by molar-refractivity contribution is 7.92. The monoisotopic (exact) mass is 482 g/mol. The minimum absolute atomic E-state index is 0.0547. The highest BCUT2D eigenvalue weighted by Crippen LogP contribution is 2.26. The lowest BCUT2D eigenvalue weighted by atomic mass is 10.1. The molecule has 0 bridgehead atoms. The van der Waals surface area contributed by atoms with Crippen LogP contribution in [0.2, 0.25) is 0 Å². The Labute approximate surface area is 199 Å². The fourth-order valence-electron chi connectivity index (χ4n) is 3.30. The molecule has 3 aromatic carbocycles. The van der Waals surface area contributed by atoms with Crippen molar-refractivity contribution in [2.24, 2.45) is 0 Å². The molecule has 0 fully saturated rings. The average Bonchev–Trinajstić information content (AvgIpc) is 2.84.